The average Bonchev–Trinajstić information content (AvgIpc) is 2.10. The van der Waals surface area contributed by atoms with Gasteiger partial charge in [-0.05, 0) is 12.3 Å². The molecule has 0 aliphatic carbocycles. The smallest absolute Gasteiger partial charge is 0.00277 e. The number of nitrogens with one attached hydrogen (secondary N) is 1. The normalized spacial score (nSPS) is 12.4. The molecule has 0 atom stereocenters. The largest absolute Gasteiger partial charge is 0.394 e. The summed E-state index contributed by atoms with van der Waals surface area (Å²) in [4.78, 5) is 0. The SMILES string of the molecule is C=C/C=C/C=C/C=C/C=C/NC. The molecule has 12 heavy (non-hydrogen) atoms. The van der Waals surface area contributed by atoms with Crippen LogP contribution in [-0.4, -0.2) is 7.05 Å². The standard InChI is InChI=1S/C11H15N/c1-3-4-5-6-7-8-9-10-11-12-2/h3-12H,1H2,2H3/b5-4+,7-6+,9-8+,11-10+. The molecule has 0 saturated carbocycles. The lowest BCUT2D eigenvalue weighted by Crippen LogP contribution is -1.89. The highest BCUT2D eigenvalue weighted by atomic mass is 14.8. The Kier molecular flexibility index (Phi) is 8.31. The van der Waals surface area contributed by atoms with E-state index in [4.69, 9.17) is 0 Å². The van der Waals surface area contributed by atoms with Crippen LogP contribution in [0.1, 0.15) is 0 Å². The van der Waals surface area contributed by atoms with Crippen molar-refractivity contribution in [3.8, 4) is 0 Å². The van der Waals surface area contributed by atoms with E-state index in [-0.39, 0.29) is 0 Å². The van der Waals surface area contributed by atoms with Gasteiger partial charge in [-0.3, -0.25) is 0 Å². The Hall–Kier alpha value is -1.50. The van der Waals surface area contributed by atoms with Gasteiger partial charge in [0.15, 0.2) is 0 Å². The molecule has 0 aromatic rings. The number of hydrogen-bond acceptors (Lipinski definition) is 1. The van der Waals surface area contributed by atoms with Crippen LogP contribution in [0.15, 0.2) is 61.4 Å². The topological polar surface area (TPSA) is 12.0 Å². The number of hydrogen-bond donors (Lipinski definition) is 1. The summed E-state index contributed by atoms with van der Waals surface area (Å²) in [5, 5.41) is 2.90. The Bertz CT molecular complexity index is 207. The van der Waals surface area contributed by atoms with Gasteiger partial charge in [-0.2, -0.15) is 0 Å². The van der Waals surface area contributed by atoms with Crippen LogP contribution in [0.3, 0.4) is 0 Å². The van der Waals surface area contributed by atoms with Crippen LogP contribution < -0.4 is 5.32 Å². The Morgan fingerprint density at radius 1 is 0.833 bits per heavy atom. The first-order valence-corrected chi connectivity index (χ1v) is 3.86. The molecule has 0 spiro atoms. The number of allylic oxidation sites excluding steroid dienone is 8. The molecule has 0 aliphatic heterocycles. The van der Waals surface area contributed by atoms with Crippen molar-refractivity contribution >= 4 is 0 Å². The van der Waals surface area contributed by atoms with E-state index >= 15 is 0 Å². The molecule has 1 N–H and O–H groups in total. The third-order valence-electron chi connectivity index (χ3n) is 1.07. The molecule has 0 radical (unpaired) electrons. The summed E-state index contributed by atoms with van der Waals surface area (Å²) in [5.74, 6) is 0. The highest BCUT2D eigenvalue weighted by molar-refractivity contribution is 5.16. The van der Waals surface area contributed by atoms with Crippen molar-refractivity contribution in [1.29, 1.82) is 0 Å². The molecule has 0 unspecified atom stereocenters. The summed E-state index contributed by atoms with van der Waals surface area (Å²) in [5.41, 5.74) is 0. The van der Waals surface area contributed by atoms with Crippen molar-refractivity contribution in [2.45, 2.75) is 0 Å². The van der Waals surface area contributed by atoms with E-state index in [2.05, 4.69) is 11.9 Å². The quantitative estimate of drug-likeness (QED) is 0.611. The fourth-order valence-corrected chi connectivity index (χ4v) is 0.551. The summed E-state index contributed by atoms with van der Waals surface area (Å²) in [6.07, 6.45) is 17.2. The van der Waals surface area contributed by atoms with Crippen molar-refractivity contribution < 1.29 is 0 Å². The van der Waals surface area contributed by atoms with Crippen LogP contribution in [0, 0.1) is 0 Å². The third-order valence-corrected chi connectivity index (χ3v) is 1.07. The fraction of sp³-hybridized carbons (Fsp3) is 0.0909. The second-order valence-electron chi connectivity index (χ2n) is 2.04. The van der Waals surface area contributed by atoms with Gasteiger partial charge < -0.3 is 5.32 Å². The second-order valence-corrected chi connectivity index (χ2v) is 2.04. The fourth-order valence-electron chi connectivity index (χ4n) is 0.551. The van der Waals surface area contributed by atoms with E-state index in [0.717, 1.165) is 0 Å². The lowest BCUT2D eigenvalue weighted by Gasteiger charge is -1.78. The molecular weight excluding hydrogens is 146 g/mol. The molecule has 1 nitrogen and oxygen atoms in total. The molecule has 0 heterocycles. The zero-order valence-electron chi connectivity index (χ0n) is 7.40. The lowest BCUT2D eigenvalue weighted by molar-refractivity contribution is 1.10. The van der Waals surface area contributed by atoms with Gasteiger partial charge in [0.05, 0.1) is 0 Å². The van der Waals surface area contributed by atoms with E-state index < -0.39 is 0 Å². The first-order valence-electron chi connectivity index (χ1n) is 3.86. The van der Waals surface area contributed by atoms with Crippen molar-refractivity contribution in [2.75, 3.05) is 7.05 Å². The minimum absolute atomic E-state index is 1.74. The van der Waals surface area contributed by atoms with Crippen LogP contribution in [-0.2, 0) is 0 Å². The second kappa shape index (κ2) is 9.50. The molecule has 0 aromatic carbocycles. The monoisotopic (exact) mass is 161 g/mol. The molecule has 0 bridgehead atoms. The zero-order valence-corrected chi connectivity index (χ0v) is 7.40. The van der Waals surface area contributed by atoms with E-state index in [1.54, 1.807) is 6.08 Å². The molecule has 0 aromatic heterocycles. The van der Waals surface area contributed by atoms with Crippen LogP contribution >= 0.6 is 0 Å². The van der Waals surface area contributed by atoms with E-state index in [1.165, 1.54) is 0 Å². The Balaban J connectivity index is 3.58. The molecule has 1 heteroatoms. The van der Waals surface area contributed by atoms with Crippen molar-refractivity contribution in [3.05, 3.63) is 61.4 Å². The molecule has 0 aliphatic rings. The maximum atomic E-state index is 3.56. The van der Waals surface area contributed by atoms with Crippen molar-refractivity contribution in [3.63, 3.8) is 0 Å². The van der Waals surface area contributed by atoms with Gasteiger partial charge >= 0.3 is 0 Å². The van der Waals surface area contributed by atoms with Gasteiger partial charge in [-0.1, -0.05) is 49.1 Å². The Morgan fingerprint density at radius 3 is 1.83 bits per heavy atom. The Labute approximate surface area is 74.5 Å². The molecule has 0 fully saturated rings. The molecular formula is C11H15N. The van der Waals surface area contributed by atoms with E-state index in [0.29, 0.717) is 0 Å². The first-order chi connectivity index (χ1) is 5.91. The van der Waals surface area contributed by atoms with E-state index in [9.17, 15) is 0 Å². The summed E-state index contributed by atoms with van der Waals surface area (Å²) < 4.78 is 0. The zero-order chi connectivity index (χ0) is 9.07. The van der Waals surface area contributed by atoms with Crippen molar-refractivity contribution in [2.24, 2.45) is 0 Å². The van der Waals surface area contributed by atoms with Gasteiger partial charge in [0, 0.05) is 7.05 Å². The average molecular weight is 161 g/mol. The first kappa shape index (κ1) is 10.5. The molecule has 0 saturated heterocycles. The van der Waals surface area contributed by atoms with Crippen LogP contribution in [0.4, 0.5) is 0 Å². The van der Waals surface area contributed by atoms with Gasteiger partial charge in [0.2, 0.25) is 0 Å². The molecule has 0 rings (SSSR count). The van der Waals surface area contributed by atoms with Gasteiger partial charge in [0.25, 0.3) is 0 Å². The summed E-state index contributed by atoms with van der Waals surface area (Å²) >= 11 is 0. The molecule has 64 valence electrons. The predicted molar refractivity (Wildman–Crippen MR) is 55.8 cm³/mol. The van der Waals surface area contributed by atoms with Gasteiger partial charge in [0.1, 0.15) is 0 Å². The summed E-state index contributed by atoms with van der Waals surface area (Å²) in [7, 11) is 1.87. The van der Waals surface area contributed by atoms with Crippen molar-refractivity contribution in [1.82, 2.24) is 5.32 Å². The Morgan fingerprint density at radius 2 is 1.33 bits per heavy atom. The van der Waals surface area contributed by atoms with E-state index in [1.807, 2.05) is 55.8 Å². The third kappa shape index (κ3) is 8.50. The number of rotatable bonds is 5. The summed E-state index contributed by atoms with van der Waals surface area (Å²) in [6.45, 7) is 3.56. The highest BCUT2D eigenvalue weighted by Crippen LogP contribution is 1.81. The minimum atomic E-state index is 1.74. The van der Waals surface area contributed by atoms with Crippen LogP contribution in [0.5, 0.6) is 0 Å². The minimum Gasteiger partial charge on any atom is -0.394 e. The maximum absolute atomic E-state index is 3.56. The maximum Gasteiger partial charge on any atom is 0.00277 e. The van der Waals surface area contributed by atoms with Gasteiger partial charge in [-0.15, -0.1) is 0 Å². The van der Waals surface area contributed by atoms with Crippen LogP contribution in [0.25, 0.3) is 0 Å². The van der Waals surface area contributed by atoms with Crippen LogP contribution in [0.2, 0.25) is 0 Å². The highest BCUT2D eigenvalue weighted by Gasteiger charge is 1.61. The summed E-state index contributed by atoms with van der Waals surface area (Å²) in [6, 6.07) is 0. The lowest BCUT2D eigenvalue weighted by atomic mass is 10.4. The molecule has 0 amide bonds. The predicted octanol–water partition coefficient (Wildman–Crippen LogP) is 2.57. The van der Waals surface area contributed by atoms with Gasteiger partial charge in [-0.25, -0.2) is 0 Å².